The third-order valence-corrected chi connectivity index (χ3v) is 2.12. The Bertz CT molecular complexity index is 583. The van der Waals surface area contributed by atoms with Gasteiger partial charge in [-0.2, -0.15) is 5.10 Å². The van der Waals surface area contributed by atoms with Crippen LogP contribution in [0.25, 0.3) is 5.69 Å². The molecule has 2 aromatic rings. The molecule has 0 aliphatic heterocycles. The molecule has 0 N–H and O–H groups in total. The van der Waals surface area contributed by atoms with Gasteiger partial charge in [0.2, 0.25) is 0 Å². The SMILES string of the molecule is CCOC(=O)c1cnn(-c2cccc(F)c2F)n1. The summed E-state index contributed by atoms with van der Waals surface area (Å²) in [5, 5.41) is 7.42. The summed E-state index contributed by atoms with van der Waals surface area (Å²) in [6, 6.07) is 3.60. The van der Waals surface area contributed by atoms with Crippen molar-refractivity contribution in [1.29, 1.82) is 0 Å². The number of aromatic nitrogens is 3. The van der Waals surface area contributed by atoms with Crippen LogP contribution in [0.1, 0.15) is 17.4 Å². The quantitative estimate of drug-likeness (QED) is 0.781. The van der Waals surface area contributed by atoms with Gasteiger partial charge in [-0.1, -0.05) is 6.07 Å². The average Bonchev–Trinajstić information content (AvgIpc) is 2.82. The maximum atomic E-state index is 13.5. The molecule has 1 aromatic heterocycles. The minimum atomic E-state index is -1.08. The van der Waals surface area contributed by atoms with Crippen molar-refractivity contribution in [1.82, 2.24) is 15.0 Å². The van der Waals surface area contributed by atoms with Crippen LogP contribution < -0.4 is 0 Å². The molecule has 0 atom stereocenters. The van der Waals surface area contributed by atoms with Crippen molar-refractivity contribution >= 4 is 5.97 Å². The summed E-state index contributed by atoms with van der Waals surface area (Å²) in [7, 11) is 0. The number of halogens is 2. The minimum Gasteiger partial charge on any atom is -0.461 e. The van der Waals surface area contributed by atoms with Gasteiger partial charge in [-0.3, -0.25) is 0 Å². The van der Waals surface area contributed by atoms with Gasteiger partial charge in [-0.05, 0) is 19.1 Å². The summed E-state index contributed by atoms with van der Waals surface area (Å²) in [6.07, 6.45) is 1.13. The molecule has 0 fully saturated rings. The van der Waals surface area contributed by atoms with Gasteiger partial charge in [0.1, 0.15) is 5.69 Å². The van der Waals surface area contributed by atoms with Gasteiger partial charge in [0.15, 0.2) is 17.3 Å². The number of hydrogen-bond donors (Lipinski definition) is 0. The number of carbonyl (C=O) groups is 1. The Hall–Kier alpha value is -2.31. The van der Waals surface area contributed by atoms with Crippen LogP contribution >= 0.6 is 0 Å². The second kappa shape index (κ2) is 4.91. The van der Waals surface area contributed by atoms with Crippen molar-refractivity contribution in [2.75, 3.05) is 6.61 Å². The molecule has 0 aliphatic rings. The van der Waals surface area contributed by atoms with E-state index in [1.807, 2.05) is 0 Å². The molecule has 7 heteroatoms. The Balaban J connectivity index is 2.35. The predicted molar refractivity (Wildman–Crippen MR) is 57.2 cm³/mol. The van der Waals surface area contributed by atoms with E-state index in [-0.39, 0.29) is 18.0 Å². The van der Waals surface area contributed by atoms with Crippen molar-refractivity contribution in [2.24, 2.45) is 0 Å². The lowest BCUT2D eigenvalue weighted by atomic mass is 10.3. The minimum absolute atomic E-state index is 0.0690. The molecule has 1 aromatic carbocycles. The summed E-state index contributed by atoms with van der Waals surface area (Å²) >= 11 is 0. The normalized spacial score (nSPS) is 10.4. The van der Waals surface area contributed by atoms with Crippen molar-refractivity contribution < 1.29 is 18.3 Å². The molecular weight excluding hydrogens is 244 g/mol. The zero-order chi connectivity index (χ0) is 13.1. The number of carbonyl (C=O) groups excluding carboxylic acids is 1. The summed E-state index contributed by atoms with van der Waals surface area (Å²) in [6.45, 7) is 1.84. The Kier molecular flexibility index (Phi) is 3.31. The third-order valence-electron chi connectivity index (χ3n) is 2.12. The monoisotopic (exact) mass is 253 g/mol. The third kappa shape index (κ3) is 2.20. The summed E-state index contributed by atoms with van der Waals surface area (Å²) in [4.78, 5) is 12.2. The first-order chi connectivity index (χ1) is 8.63. The van der Waals surface area contributed by atoms with Crippen molar-refractivity contribution in [3.05, 3.63) is 41.7 Å². The highest BCUT2D eigenvalue weighted by atomic mass is 19.2. The summed E-state index contributed by atoms with van der Waals surface area (Å²) in [5.74, 6) is -2.76. The fourth-order valence-corrected chi connectivity index (χ4v) is 1.32. The molecule has 0 amide bonds. The first-order valence-corrected chi connectivity index (χ1v) is 5.17. The van der Waals surface area contributed by atoms with Gasteiger partial charge in [-0.15, -0.1) is 9.90 Å². The molecule has 5 nitrogen and oxygen atoms in total. The van der Waals surface area contributed by atoms with E-state index in [9.17, 15) is 13.6 Å². The molecule has 0 saturated heterocycles. The molecule has 1 heterocycles. The standard InChI is InChI=1S/C11H9F2N3O2/c1-2-18-11(17)8-6-14-16(15-8)9-5-3-4-7(12)10(9)13/h3-6H,2H2,1H3. The molecule has 18 heavy (non-hydrogen) atoms. The Morgan fingerprint density at radius 3 is 2.94 bits per heavy atom. The van der Waals surface area contributed by atoms with Gasteiger partial charge < -0.3 is 4.74 Å². The molecule has 0 bridgehead atoms. The van der Waals surface area contributed by atoms with E-state index in [0.29, 0.717) is 0 Å². The Labute approximate surface area is 101 Å². The first kappa shape index (κ1) is 12.2. The smallest absolute Gasteiger partial charge is 0.360 e. The van der Waals surface area contributed by atoms with E-state index >= 15 is 0 Å². The Morgan fingerprint density at radius 2 is 2.22 bits per heavy atom. The van der Waals surface area contributed by atoms with Gasteiger partial charge in [-0.25, -0.2) is 13.6 Å². The van der Waals surface area contributed by atoms with E-state index in [0.717, 1.165) is 17.1 Å². The zero-order valence-electron chi connectivity index (χ0n) is 9.43. The first-order valence-electron chi connectivity index (χ1n) is 5.17. The van der Waals surface area contributed by atoms with E-state index in [1.54, 1.807) is 6.92 Å². The van der Waals surface area contributed by atoms with Crippen molar-refractivity contribution in [2.45, 2.75) is 6.92 Å². The highest BCUT2D eigenvalue weighted by molar-refractivity contribution is 5.86. The van der Waals surface area contributed by atoms with Crippen molar-refractivity contribution in [3.63, 3.8) is 0 Å². The van der Waals surface area contributed by atoms with Crippen molar-refractivity contribution in [3.8, 4) is 5.69 Å². The number of esters is 1. The lowest BCUT2D eigenvalue weighted by Gasteiger charge is -2.01. The molecule has 0 spiro atoms. The maximum absolute atomic E-state index is 13.5. The lowest BCUT2D eigenvalue weighted by Crippen LogP contribution is -2.08. The van der Waals surface area contributed by atoms with Crippen LogP contribution in [-0.4, -0.2) is 27.6 Å². The van der Waals surface area contributed by atoms with Crippen LogP contribution in [0.4, 0.5) is 8.78 Å². The summed E-state index contributed by atoms with van der Waals surface area (Å²) in [5.41, 5.74) is -0.244. The van der Waals surface area contributed by atoms with E-state index in [2.05, 4.69) is 10.2 Å². The van der Waals surface area contributed by atoms with Crippen LogP contribution in [0.3, 0.4) is 0 Å². The Morgan fingerprint density at radius 1 is 1.44 bits per heavy atom. The molecule has 0 saturated carbocycles. The molecule has 94 valence electrons. The van der Waals surface area contributed by atoms with Gasteiger partial charge in [0.05, 0.1) is 12.8 Å². The zero-order valence-corrected chi connectivity index (χ0v) is 9.43. The second-order valence-electron chi connectivity index (χ2n) is 3.31. The highest BCUT2D eigenvalue weighted by Crippen LogP contribution is 2.14. The maximum Gasteiger partial charge on any atom is 0.360 e. The largest absolute Gasteiger partial charge is 0.461 e. The summed E-state index contributed by atoms with van der Waals surface area (Å²) < 4.78 is 31.2. The molecule has 0 radical (unpaired) electrons. The predicted octanol–water partition coefficient (Wildman–Crippen LogP) is 1.72. The highest BCUT2D eigenvalue weighted by Gasteiger charge is 2.15. The number of benzene rings is 1. The van der Waals surface area contributed by atoms with E-state index in [4.69, 9.17) is 4.74 Å². The fourth-order valence-electron chi connectivity index (χ4n) is 1.32. The van der Waals surface area contributed by atoms with Crippen LogP contribution in [0.5, 0.6) is 0 Å². The van der Waals surface area contributed by atoms with Gasteiger partial charge >= 0.3 is 5.97 Å². The van der Waals surface area contributed by atoms with E-state index in [1.165, 1.54) is 12.1 Å². The van der Waals surface area contributed by atoms with Gasteiger partial charge in [0, 0.05) is 0 Å². The average molecular weight is 253 g/mol. The second-order valence-corrected chi connectivity index (χ2v) is 3.31. The number of nitrogens with zero attached hydrogens (tertiary/aromatic N) is 3. The van der Waals surface area contributed by atoms with E-state index < -0.39 is 17.6 Å². The van der Waals surface area contributed by atoms with Crippen LogP contribution in [-0.2, 0) is 4.74 Å². The number of ether oxygens (including phenoxy) is 1. The number of hydrogen-bond acceptors (Lipinski definition) is 4. The molecule has 0 unspecified atom stereocenters. The topological polar surface area (TPSA) is 57.0 Å². The van der Waals surface area contributed by atoms with Gasteiger partial charge in [0.25, 0.3) is 0 Å². The van der Waals surface area contributed by atoms with Crippen LogP contribution in [0.15, 0.2) is 24.4 Å². The molecular formula is C11H9F2N3O2. The van der Waals surface area contributed by atoms with Crippen LogP contribution in [0.2, 0.25) is 0 Å². The lowest BCUT2D eigenvalue weighted by molar-refractivity contribution is 0.0519. The molecule has 0 aliphatic carbocycles. The van der Waals surface area contributed by atoms with Crippen LogP contribution in [0, 0.1) is 11.6 Å². The number of rotatable bonds is 3. The fraction of sp³-hybridized carbons (Fsp3) is 0.182. The molecule has 2 rings (SSSR count).